The molecule has 2 rings (SSSR count). The summed E-state index contributed by atoms with van der Waals surface area (Å²) in [5.74, 6) is -0.343. The van der Waals surface area contributed by atoms with Gasteiger partial charge in [0, 0.05) is 0 Å². The summed E-state index contributed by atoms with van der Waals surface area (Å²) >= 11 is 0. The van der Waals surface area contributed by atoms with Gasteiger partial charge in [-0.05, 0) is 42.8 Å². The quantitative estimate of drug-likeness (QED) is 0.850. The number of carboxylic acid groups (broad SMARTS) is 1. The first-order chi connectivity index (χ1) is 10.4. The van der Waals surface area contributed by atoms with Crippen molar-refractivity contribution in [3.63, 3.8) is 0 Å². The Morgan fingerprint density at radius 1 is 1.14 bits per heavy atom. The molecule has 0 bridgehead atoms. The number of carbonyl (C=O) groups is 1. The molecule has 0 saturated heterocycles. The minimum Gasteiger partial charge on any atom is -0.549 e. The number of carbonyl (C=O) groups excluding carboxylic acids is 1. The van der Waals surface area contributed by atoms with Crippen LogP contribution in [0.1, 0.15) is 5.56 Å². The predicted octanol–water partition coefficient (Wildman–Crippen LogP) is 0.816. The molecule has 0 amide bonds. The van der Waals surface area contributed by atoms with E-state index in [1.165, 1.54) is 24.3 Å². The molecular weight excluding hydrogens is 306 g/mol. The molecule has 0 spiro atoms. The van der Waals surface area contributed by atoms with Gasteiger partial charge in [0.1, 0.15) is 11.5 Å². The van der Waals surface area contributed by atoms with Gasteiger partial charge in [0.2, 0.25) is 10.0 Å². The van der Waals surface area contributed by atoms with E-state index >= 15 is 0 Å². The lowest BCUT2D eigenvalue weighted by atomic mass is 10.2. The van der Waals surface area contributed by atoms with Crippen LogP contribution in [0.25, 0.3) is 0 Å². The molecule has 6 nitrogen and oxygen atoms in total. The molecule has 0 aromatic heterocycles. The zero-order valence-electron chi connectivity index (χ0n) is 11.8. The Labute approximate surface area is 128 Å². The molecule has 0 atom stereocenters. The van der Waals surface area contributed by atoms with Gasteiger partial charge in [-0.1, -0.05) is 18.2 Å². The summed E-state index contributed by atoms with van der Waals surface area (Å²) in [6.07, 6.45) is 0. The van der Waals surface area contributed by atoms with Crippen LogP contribution in [0, 0.1) is 6.92 Å². The Balaban J connectivity index is 2.13. The lowest BCUT2D eigenvalue weighted by molar-refractivity contribution is -0.303. The molecule has 2 aromatic rings. The average Bonchev–Trinajstić information content (AvgIpc) is 2.48. The average molecular weight is 320 g/mol. The summed E-state index contributed by atoms with van der Waals surface area (Å²) in [4.78, 5) is 10.3. The second-order valence-electron chi connectivity index (χ2n) is 4.54. The fourth-order valence-electron chi connectivity index (χ4n) is 1.72. The molecule has 0 radical (unpaired) electrons. The van der Waals surface area contributed by atoms with Crippen LogP contribution >= 0.6 is 0 Å². The lowest BCUT2D eigenvalue weighted by Gasteiger charge is -2.10. The third-order valence-electron chi connectivity index (χ3n) is 2.86. The number of sulfonamides is 1. The van der Waals surface area contributed by atoms with Gasteiger partial charge < -0.3 is 14.6 Å². The van der Waals surface area contributed by atoms with Crippen LogP contribution in [0.2, 0.25) is 0 Å². The molecule has 7 heteroatoms. The molecule has 0 saturated carbocycles. The van der Waals surface area contributed by atoms with E-state index in [1.54, 1.807) is 6.07 Å². The number of aryl methyl sites for hydroxylation is 1. The van der Waals surface area contributed by atoms with Crippen molar-refractivity contribution in [2.24, 2.45) is 0 Å². The van der Waals surface area contributed by atoms with Gasteiger partial charge in [0.05, 0.1) is 17.4 Å². The maximum atomic E-state index is 11.8. The van der Waals surface area contributed by atoms with Crippen molar-refractivity contribution in [1.82, 2.24) is 4.72 Å². The molecule has 0 fully saturated rings. The summed E-state index contributed by atoms with van der Waals surface area (Å²) < 4.78 is 31.2. The standard InChI is InChI=1S/C15H15NO5S/c1-11-4-2-3-5-14(11)21-12-6-8-13(9-7-12)22(19,20)16-10-15(17)18/h2-9,16H,10H2,1H3,(H,17,18)/p-1. The van der Waals surface area contributed by atoms with E-state index in [1.807, 2.05) is 29.8 Å². The van der Waals surface area contributed by atoms with Crippen molar-refractivity contribution >= 4 is 16.0 Å². The van der Waals surface area contributed by atoms with E-state index in [2.05, 4.69) is 0 Å². The first kappa shape index (κ1) is 16.0. The molecule has 0 aliphatic carbocycles. The Kier molecular flexibility index (Phi) is 4.79. The van der Waals surface area contributed by atoms with Crippen LogP contribution in [-0.2, 0) is 14.8 Å². The van der Waals surface area contributed by atoms with Gasteiger partial charge in [0.25, 0.3) is 0 Å². The number of hydrogen-bond acceptors (Lipinski definition) is 5. The van der Waals surface area contributed by atoms with E-state index < -0.39 is 22.5 Å². The van der Waals surface area contributed by atoms with Crippen LogP contribution in [-0.4, -0.2) is 20.9 Å². The number of rotatable bonds is 6. The van der Waals surface area contributed by atoms with Gasteiger partial charge in [-0.15, -0.1) is 0 Å². The van der Waals surface area contributed by atoms with E-state index in [-0.39, 0.29) is 4.90 Å². The molecule has 0 aliphatic heterocycles. The maximum Gasteiger partial charge on any atom is 0.240 e. The van der Waals surface area contributed by atoms with E-state index in [0.29, 0.717) is 11.5 Å². The number of benzene rings is 2. The molecule has 116 valence electrons. The monoisotopic (exact) mass is 320 g/mol. The van der Waals surface area contributed by atoms with Crippen LogP contribution in [0.15, 0.2) is 53.4 Å². The topological polar surface area (TPSA) is 95.5 Å². The van der Waals surface area contributed by atoms with Crippen molar-refractivity contribution in [2.45, 2.75) is 11.8 Å². The van der Waals surface area contributed by atoms with Crippen molar-refractivity contribution in [3.05, 3.63) is 54.1 Å². The largest absolute Gasteiger partial charge is 0.549 e. The summed E-state index contributed by atoms with van der Waals surface area (Å²) in [6, 6.07) is 13.1. The molecule has 22 heavy (non-hydrogen) atoms. The number of aliphatic carboxylic acids is 1. The minimum atomic E-state index is -3.88. The van der Waals surface area contributed by atoms with Gasteiger partial charge in [-0.25, -0.2) is 13.1 Å². The highest BCUT2D eigenvalue weighted by Gasteiger charge is 2.13. The lowest BCUT2D eigenvalue weighted by Crippen LogP contribution is -2.37. The third kappa shape index (κ3) is 4.06. The fraction of sp³-hybridized carbons (Fsp3) is 0.133. The summed E-state index contributed by atoms with van der Waals surface area (Å²) in [5, 5.41) is 10.3. The van der Waals surface area contributed by atoms with Crippen LogP contribution in [0.4, 0.5) is 0 Å². The van der Waals surface area contributed by atoms with Gasteiger partial charge in [0.15, 0.2) is 0 Å². The SMILES string of the molecule is Cc1ccccc1Oc1ccc(S(=O)(=O)NCC(=O)[O-])cc1. The van der Waals surface area contributed by atoms with Crippen molar-refractivity contribution in [3.8, 4) is 11.5 Å². The van der Waals surface area contributed by atoms with Crippen LogP contribution in [0.3, 0.4) is 0 Å². The molecule has 1 N–H and O–H groups in total. The summed E-state index contributed by atoms with van der Waals surface area (Å²) in [6.45, 7) is 1.13. The number of nitrogens with one attached hydrogen (secondary N) is 1. The number of hydrogen-bond donors (Lipinski definition) is 1. The summed E-state index contributed by atoms with van der Waals surface area (Å²) in [7, 11) is -3.88. The Hall–Kier alpha value is -2.38. The zero-order chi connectivity index (χ0) is 16.2. The van der Waals surface area contributed by atoms with Crippen LogP contribution < -0.4 is 14.6 Å². The van der Waals surface area contributed by atoms with Gasteiger partial charge in [-0.2, -0.15) is 0 Å². The number of ether oxygens (including phenoxy) is 1. The molecule has 0 aliphatic rings. The normalized spacial score (nSPS) is 11.1. The minimum absolute atomic E-state index is 0.0501. The van der Waals surface area contributed by atoms with E-state index in [0.717, 1.165) is 5.56 Å². The second kappa shape index (κ2) is 6.59. The maximum absolute atomic E-state index is 11.8. The van der Waals surface area contributed by atoms with Crippen molar-refractivity contribution < 1.29 is 23.1 Å². The number of carboxylic acids is 1. The first-order valence-electron chi connectivity index (χ1n) is 6.41. The highest BCUT2D eigenvalue weighted by Crippen LogP contribution is 2.25. The highest BCUT2D eigenvalue weighted by atomic mass is 32.2. The third-order valence-corrected chi connectivity index (χ3v) is 4.28. The summed E-state index contributed by atoms with van der Waals surface area (Å²) in [5.41, 5.74) is 0.954. The Bertz CT molecular complexity index is 769. The van der Waals surface area contributed by atoms with Crippen molar-refractivity contribution in [2.75, 3.05) is 6.54 Å². The van der Waals surface area contributed by atoms with Crippen LogP contribution in [0.5, 0.6) is 11.5 Å². The Morgan fingerprint density at radius 3 is 2.36 bits per heavy atom. The van der Waals surface area contributed by atoms with E-state index in [4.69, 9.17) is 4.74 Å². The number of para-hydroxylation sites is 1. The predicted molar refractivity (Wildman–Crippen MR) is 77.9 cm³/mol. The van der Waals surface area contributed by atoms with Gasteiger partial charge >= 0.3 is 0 Å². The van der Waals surface area contributed by atoms with E-state index in [9.17, 15) is 18.3 Å². The molecule has 2 aromatic carbocycles. The molecule has 0 heterocycles. The zero-order valence-corrected chi connectivity index (χ0v) is 12.6. The first-order valence-corrected chi connectivity index (χ1v) is 7.90. The smallest absolute Gasteiger partial charge is 0.240 e. The van der Waals surface area contributed by atoms with Gasteiger partial charge in [-0.3, -0.25) is 0 Å². The Morgan fingerprint density at radius 2 is 1.77 bits per heavy atom. The highest BCUT2D eigenvalue weighted by molar-refractivity contribution is 7.89. The molecular formula is C15H14NO5S-. The molecule has 0 unspecified atom stereocenters. The second-order valence-corrected chi connectivity index (χ2v) is 6.30. The fourth-order valence-corrected chi connectivity index (χ4v) is 2.69. The van der Waals surface area contributed by atoms with Crippen molar-refractivity contribution in [1.29, 1.82) is 0 Å².